The molecule has 0 bridgehead atoms. The first-order valence-electron chi connectivity index (χ1n) is 6.90. The molecule has 2 aromatic rings. The van der Waals surface area contributed by atoms with E-state index >= 15 is 0 Å². The molecule has 6 nitrogen and oxygen atoms in total. The van der Waals surface area contributed by atoms with Crippen molar-refractivity contribution in [3.05, 3.63) is 58.0 Å². The highest BCUT2D eigenvalue weighted by atomic mass is 16.5. The minimum absolute atomic E-state index is 0.192. The van der Waals surface area contributed by atoms with Crippen molar-refractivity contribution < 1.29 is 9.53 Å². The Balaban J connectivity index is 2.29. The van der Waals surface area contributed by atoms with Crippen LogP contribution in [0, 0.1) is 0 Å². The number of hydrogen-bond donors (Lipinski definition) is 0. The van der Waals surface area contributed by atoms with Crippen molar-refractivity contribution in [2.75, 3.05) is 14.2 Å². The van der Waals surface area contributed by atoms with Crippen LogP contribution in [0.3, 0.4) is 0 Å². The van der Waals surface area contributed by atoms with E-state index in [0.29, 0.717) is 0 Å². The number of aryl methyl sites for hydroxylation is 1. The van der Waals surface area contributed by atoms with Crippen LogP contribution in [0.2, 0.25) is 0 Å². The zero-order chi connectivity index (χ0) is 16.3. The Morgan fingerprint density at radius 1 is 1.27 bits per heavy atom. The molecule has 1 amide bonds. The van der Waals surface area contributed by atoms with E-state index in [1.807, 2.05) is 31.2 Å². The second kappa shape index (κ2) is 6.43. The molecule has 1 unspecified atom stereocenters. The first-order valence-corrected chi connectivity index (χ1v) is 6.90. The Labute approximate surface area is 128 Å². The predicted molar refractivity (Wildman–Crippen MR) is 83.0 cm³/mol. The van der Waals surface area contributed by atoms with Gasteiger partial charge in [0.1, 0.15) is 11.4 Å². The minimum atomic E-state index is -0.256. The normalized spacial score (nSPS) is 11.8. The third-order valence-electron chi connectivity index (χ3n) is 3.67. The Bertz CT molecular complexity index is 739. The first-order chi connectivity index (χ1) is 10.5. The number of methoxy groups -OCH3 is 1. The van der Waals surface area contributed by atoms with Gasteiger partial charge in [-0.05, 0) is 19.1 Å². The molecule has 0 saturated carbocycles. The second-order valence-corrected chi connectivity index (χ2v) is 5.01. The molecular weight excluding hydrogens is 282 g/mol. The van der Waals surface area contributed by atoms with Gasteiger partial charge in [0.2, 0.25) is 0 Å². The van der Waals surface area contributed by atoms with Crippen molar-refractivity contribution in [3.63, 3.8) is 0 Å². The van der Waals surface area contributed by atoms with Crippen LogP contribution in [0.4, 0.5) is 0 Å². The summed E-state index contributed by atoms with van der Waals surface area (Å²) >= 11 is 0. The number of nitrogens with zero attached hydrogens (tertiary/aromatic N) is 3. The van der Waals surface area contributed by atoms with E-state index in [2.05, 4.69) is 5.10 Å². The monoisotopic (exact) mass is 301 g/mol. The highest BCUT2D eigenvalue weighted by Gasteiger charge is 2.22. The van der Waals surface area contributed by atoms with Gasteiger partial charge in [-0.3, -0.25) is 9.59 Å². The van der Waals surface area contributed by atoms with Gasteiger partial charge in [0.05, 0.1) is 13.2 Å². The number of rotatable bonds is 4. The zero-order valence-corrected chi connectivity index (χ0v) is 13.1. The Morgan fingerprint density at radius 2 is 1.95 bits per heavy atom. The summed E-state index contributed by atoms with van der Waals surface area (Å²) in [4.78, 5) is 25.5. The molecule has 6 heteroatoms. The summed E-state index contributed by atoms with van der Waals surface area (Å²) in [6.07, 6.45) is 0. The molecule has 0 saturated heterocycles. The molecule has 22 heavy (non-hydrogen) atoms. The van der Waals surface area contributed by atoms with Crippen molar-refractivity contribution >= 4 is 5.91 Å². The Morgan fingerprint density at radius 3 is 2.59 bits per heavy atom. The SMILES string of the molecule is COc1ccccc1C(C)N(C)C(=O)c1ccc(=O)n(C)n1. The number of aromatic nitrogens is 2. The van der Waals surface area contributed by atoms with E-state index in [4.69, 9.17) is 4.74 Å². The molecular formula is C16H19N3O3. The van der Waals surface area contributed by atoms with E-state index in [1.165, 1.54) is 19.2 Å². The van der Waals surface area contributed by atoms with Crippen LogP contribution < -0.4 is 10.3 Å². The van der Waals surface area contributed by atoms with Crippen LogP contribution in [0.15, 0.2) is 41.2 Å². The standard InChI is InChI=1S/C16H19N3O3/c1-11(12-7-5-6-8-14(12)22-4)18(2)16(21)13-9-10-15(20)19(3)17-13/h5-11H,1-4H3. The van der Waals surface area contributed by atoms with E-state index in [9.17, 15) is 9.59 Å². The maximum atomic E-state index is 12.5. The van der Waals surface area contributed by atoms with E-state index in [-0.39, 0.29) is 23.2 Å². The third kappa shape index (κ3) is 3.00. The molecule has 0 N–H and O–H groups in total. The molecule has 1 aromatic heterocycles. The third-order valence-corrected chi connectivity index (χ3v) is 3.67. The summed E-state index contributed by atoms with van der Waals surface area (Å²) in [5.74, 6) is 0.470. The van der Waals surface area contributed by atoms with Gasteiger partial charge < -0.3 is 9.64 Å². The van der Waals surface area contributed by atoms with Gasteiger partial charge in [-0.1, -0.05) is 18.2 Å². The average Bonchev–Trinajstić information content (AvgIpc) is 2.55. The van der Waals surface area contributed by atoms with Crippen LogP contribution in [0.25, 0.3) is 0 Å². The summed E-state index contributed by atoms with van der Waals surface area (Å²) in [5, 5.41) is 3.99. The summed E-state index contributed by atoms with van der Waals surface area (Å²) in [6, 6.07) is 10.1. The Hall–Kier alpha value is -2.63. The molecule has 1 atom stereocenters. The largest absolute Gasteiger partial charge is 0.496 e. The second-order valence-electron chi connectivity index (χ2n) is 5.01. The van der Waals surface area contributed by atoms with Crippen molar-refractivity contribution in [1.82, 2.24) is 14.7 Å². The average molecular weight is 301 g/mol. The van der Waals surface area contributed by atoms with Crippen molar-refractivity contribution in [2.24, 2.45) is 7.05 Å². The first kappa shape index (κ1) is 15.8. The van der Waals surface area contributed by atoms with E-state index in [0.717, 1.165) is 16.0 Å². The van der Waals surface area contributed by atoms with Crippen molar-refractivity contribution in [2.45, 2.75) is 13.0 Å². The molecule has 2 rings (SSSR count). The van der Waals surface area contributed by atoms with Crippen LogP contribution in [-0.4, -0.2) is 34.7 Å². The van der Waals surface area contributed by atoms with Gasteiger partial charge in [0.15, 0.2) is 0 Å². The topological polar surface area (TPSA) is 64.4 Å². The number of carbonyl (C=O) groups excluding carboxylic acids is 1. The van der Waals surface area contributed by atoms with Crippen LogP contribution >= 0.6 is 0 Å². The van der Waals surface area contributed by atoms with Crippen LogP contribution in [0.1, 0.15) is 29.0 Å². The molecule has 0 spiro atoms. The van der Waals surface area contributed by atoms with Gasteiger partial charge in [0.25, 0.3) is 11.5 Å². The number of para-hydroxylation sites is 1. The molecule has 0 radical (unpaired) electrons. The highest BCUT2D eigenvalue weighted by molar-refractivity contribution is 5.92. The fourth-order valence-corrected chi connectivity index (χ4v) is 2.19. The van der Waals surface area contributed by atoms with Gasteiger partial charge in [-0.25, -0.2) is 4.68 Å². The number of amides is 1. The fraction of sp³-hybridized carbons (Fsp3) is 0.312. The summed E-state index contributed by atoms with van der Waals surface area (Å²) < 4.78 is 6.49. The molecule has 0 fully saturated rings. The lowest BCUT2D eigenvalue weighted by molar-refractivity contribution is 0.0732. The van der Waals surface area contributed by atoms with Gasteiger partial charge in [-0.2, -0.15) is 5.10 Å². The quantitative estimate of drug-likeness (QED) is 0.861. The molecule has 1 heterocycles. The Kier molecular flexibility index (Phi) is 4.60. The maximum absolute atomic E-state index is 12.5. The summed E-state index contributed by atoms with van der Waals surface area (Å²) in [7, 11) is 4.82. The molecule has 116 valence electrons. The van der Waals surface area contributed by atoms with E-state index in [1.54, 1.807) is 19.1 Å². The number of benzene rings is 1. The minimum Gasteiger partial charge on any atom is -0.496 e. The van der Waals surface area contributed by atoms with Crippen molar-refractivity contribution in [3.8, 4) is 5.75 Å². The van der Waals surface area contributed by atoms with Crippen molar-refractivity contribution in [1.29, 1.82) is 0 Å². The van der Waals surface area contributed by atoms with Crippen LogP contribution in [0.5, 0.6) is 5.75 Å². The predicted octanol–water partition coefficient (Wildman–Crippen LogP) is 1.62. The maximum Gasteiger partial charge on any atom is 0.274 e. The summed E-state index contributed by atoms with van der Waals surface area (Å²) in [5.41, 5.74) is 0.883. The molecule has 1 aromatic carbocycles. The van der Waals surface area contributed by atoms with Crippen LogP contribution in [-0.2, 0) is 7.05 Å². The van der Waals surface area contributed by atoms with Gasteiger partial charge in [-0.15, -0.1) is 0 Å². The zero-order valence-electron chi connectivity index (χ0n) is 13.1. The highest BCUT2D eigenvalue weighted by Crippen LogP contribution is 2.28. The van der Waals surface area contributed by atoms with E-state index < -0.39 is 0 Å². The summed E-state index contributed by atoms with van der Waals surface area (Å²) in [6.45, 7) is 1.91. The smallest absolute Gasteiger partial charge is 0.274 e. The van der Waals surface area contributed by atoms with Gasteiger partial charge >= 0.3 is 0 Å². The number of carbonyl (C=O) groups is 1. The lowest BCUT2D eigenvalue weighted by Gasteiger charge is -2.26. The number of hydrogen-bond acceptors (Lipinski definition) is 4. The van der Waals surface area contributed by atoms with Gasteiger partial charge in [0, 0.05) is 25.7 Å². The fourth-order valence-electron chi connectivity index (χ4n) is 2.19. The molecule has 0 aliphatic rings. The number of ether oxygens (including phenoxy) is 1. The lowest BCUT2D eigenvalue weighted by Crippen LogP contribution is -2.32. The molecule has 0 aliphatic heterocycles. The molecule has 0 aliphatic carbocycles. The lowest BCUT2D eigenvalue weighted by atomic mass is 10.1.